The second kappa shape index (κ2) is 5.79. The van der Waals surface area contributed by atoms with E-state index in [2.05, 4.69) is 15.1 Å². The molecular formula is C15H15N3O2. The van der Waals surface area contributed by atoms with Crippen molar-refractivity contribution in [2.24, 2.45) is 0 Å². The average molecular weight is 269 g/mol. The van der Waals surface area contributed by atoms with Crippen molar-refractivity contribution in [3.8, 4) is 11.5 Å². The van der Waals surface area contributed by atoms with Crippen LogP contribution < -0.4 is 0 Å². The number of aliphatic hydroxyl groups excluding tert-OH is 1. The Kier molecular flexibility index (Phi) is 3.69. The molecule has 0 atom stereocenters. The van der Waals surface area contributed by atoms with Gasteiger partial charge in [-0.3, -0.25) is 0 Å². The van der Waals surface area contributed by atoms with Gasteiger partial charge in [0.05, 0.1) is 5.52 Å². The normalized spacial score (nSPS) is 11.1. The molecule has 0 aliphatic carbocycles. The topological polar surface area (TPSA) is 72.0 Å². The third-order valence-electron chi connectivity index (χ3n) is 3.09. The Morgan fingerprint density at radius 3 is 2.80 bits per heavy atom. The van der Waals surface area contributed by atoms with Gasteiger partial charge in [-0.15, -0.1) is 0 Å². The first-order valence-electron chi connectivity index (χ1n) is 6.66. The minimum atomic E-state index is 0.188. The third-order valence-corrected chi connectivity index (χ3v) is 3.09. The van der Waals surface area contributed by atoms with E-state index in [1.807, 2.05) is 36.4 Å². The number of rotatable bonds is 5. The first-order valence-corrected chi connectivity index (χ1v) is 6.66. The molecule has 5 heteroatoms. The number of nitrogens with zero attached hydrogens (tertiary/aromatic N) is 3. The smallest absolute Gasteiger partial charge is 0.227 e. The van der Waals surface area contributed by atoms with Crippen LogP contribution in [0.1, 0.15) is 18.7 Å². The van der Waals surface area contributed by atoms with Gasteiger partial charge in [0.15, 0.2) is 0 Å². The maximum Gasteiger partial charge on any atom is 0.227 e. The Bertz CT molecular complexity index is 709. The van der Waals surface area contributed by atoms with Crippen LogP contribution in [0.4, 0.5) is 0 Å². The zero-order valence-corrected chi connectivity index (χ0v) is 11.0. The summed E-state index contributed by atoms with van der Waals surface area (Å²) >= 11 is 0. The molecule has 0 spiro atoms. The highest BCUT2D eigenvalue weighted by atomic mass is 16.5. The molecule has 0 saturated carbocycles. The summed E-state index contributed by atoms with van der Waals surface area (Å²) in [7, 11) is 0. The summed E-state index contributed by atoms with van der Waals surface area (Å²) in [5, 5.41) is 13.8. The SMILES string of the molecule is OCCCCc1nc(-c2ccc3ccccc3n2)no1. The van der Waals surface area contributed by atoms with Crippen molar-refractivity contribution in [1.29, 1.82) is 0 Å². The van der Waals surface area contributed by atoms with Gasteiger partial charge < -0.3 is 9.63 Å². The van der Waals surface area contributed by atoms with Gasteiger partial charge in [0, 0.05) is 18.4 Å². The Balaban J connectivity index is 1.83. The maximum atomic E-state index is 8.75. The predicted molar refractivity (Wildman–Crippen MR) is 75.1 cm³/mol. The second-order valence-corrected chi connectivity index (χ2v) is 4.58. The van der Waals surface area contributed by atoms with Gasteiger partial charge in [0.2, 0.25) is 11.7 Å². The summed E-state index contributed by atoms with van der Waals surface area (Å²) in [4.78, 5) is 8.87. The number of aryl methyl sites for hydroxylation is 1. The zero-order chi connectivity index (χ0) is 13.8. The van der Waals surface area contributed by atoms with Gasteiger partial charge in [-0.1, -0.05) is 29.4 Å². The van der Waals surface area contributed by atoms with Crippen molar-refractivity contribution < 1.29 is 9.63 Å². The van der Waals surface area contributed by atoms with Gasteiger partial charge in [0.1, 0.15) is 5.69 Å². The average Bonchev–Trinajstić information content (AvgIpc) is 2.96. The Morgan fingerprint density at radius 1 is 1.00 bits per heavy atom. The number of aliphatic hydroxyl groups is 1. The molecule has 0 fully saturated rings. The predicted octanol–water partition coefficient (Wildman–Crippen LogP) is 2.60. The summed E-state index contributed by atoms with van der Waals surface area (Å²) in [6.45, 7) is 0.188. The first-order chi connectivity index (χ1) is 9.86. The van der Waals surface area contributed by atoms with Crippen LogP contribution in [-0.4, -0.2) is 26.8 Å². The molecule has 5 nitrogen and oxygen atoms in total. The number of benzene rings is 1. The molecule has 0 aliphatic rings. The van der Waals surface area contributed by atoms with Gasteiger partial charge in [-0.25, -0.2) is 4.98 Å². The molecule has 0 aliphatic heterocycles. The molecule has 1 N–H and O–H groups in total. The van der Waals surface area contributed by atoms with Gasteiger partial charge >= 0.3 is 0 Å². The highest BCUT2D eigenvalue weighted by molar-refractivity contribution is 5.80. The van der Waals surface area contributed by atoms with E-state index < -0.39 is 0 Å². The fourth-order valence-electron chi connectivity index (χ4n) is 2.04. The van der Waals surface area contributed by atoms with Crippen LogP contribution in [0.5, 0.6) is 0 Å². The number of aromatic nitrogens is 3. The number of hydrogen-bond donors (Lipinski definition) is 1. The lowest BCUT2D eigenvalue weighted by Gasteiger charge is -1.98. The Hall–Kier alpha value is -2.27. The minimum Gasteiger partial charge on any atom is -0.396 e. The molecule has 0 bridgehead atoms. The molecule has 2 heterocycles. The van der Waals surface area contributed by atoms with Crippen LogP contribution in [-0.2, 0) is 6.42 Å². The molecule has 0 unspecified atom stereocenters. The highest BCUT2D eigenvalue weighted by Crippen LogP contribution is 2.18. The zero-order valence-electron chi connectivity index (χ0n) is 11.0. The number of fused-ring (bicyclic) bond motifs is 1. The van der Waals surface area contributed by atoms with Crippen LogP contribution in [0.2, 0.25) is 0 Å². The number of unbranched alkanes of at least 4 members (excludes halogenated alkanes) is 1. The standard InChI is InChI=1S/C15H15N3O2/c19-10-4-3-7-14-17-15(18-20-14)13-9-8-11-5-1-2-6-12(11)16-13/h1-2,5-6,8-9,19H,3-4,7,10H2. The molecule has 3 rings (SSSR count). The van der Waals surface area contributed by atoms with E-state index in [4.69, 9.17) is 9.63 Å². The monoisotopic (exact) mass is 269 g/mol. The molecule has 0 amide bonds. The van der Waals surface area contributed by atoms with Crippen LogP contribution in [0.15, 0.2) is 40.9 Å². The molecule has 1 aromatic carbocycles. The summed E-state index contributed by atoms with van der Waals surface area (Å²) in [6, 6.07) is 11.8. The molecule has 102 valence electrons. The van der Waals surface area contributed by atoms with Gasteiger partial charge in [-0.2, -0.15) is 4.98 Å². The first kappa shape index (κ1) is 12.7. The second-order valence-electron chi connectivity index (χ2n) is 4.58. The van der Waals surface area contributed by atoms with E-state index in [-0.39, 0.29) is 6.61 Å². The van der Waals surface area contributed by atoms with Crippen molar-refractivity contribution in [2.45, 2.75) is 19.3 Å². The van der Waals surface area contributed by atoms with E-state index in [0.29, 0.717) is 23.8 Å². The van der Waals surface area contributed by atoms with Crippen LogP contribution >= 0.6 is 0 Å². The van der Waals surface area contributed by atoms with Crippen molar-refractivity contribution in [3.05, 3.63) is 42.3 Å². The fourth-order valence-corrected chi connectivity index (χ4v) is 2.04. The lowest BCUT2D eigenvalue weighted by Crippen LogP contribution is -1.90. The Morgan fingerprint density at radius 2 is 1.90 bits per heavy atom. The number of para-hydroxylation sites is 1. The molecule has 0 radical (unpaired) electrons. The van der Waals surface area contributed by atoms with Gasteiger partial charge in [0.25, 0.3) is 0 Å². The number of pyridine rings is 1. The van der Waals surface area contributed by atoms with Crippen molar-refractivity contribution in [1.82, 2.24) is 15.1 Å². The molecule has 0 saturated heterocycles. The van der Waals surface area contributed by atoms with Crippen molar-refractivity contribution in [3.63, 3.8) is 0 Å². The summed E-state index contributed by atoms with van der Waals surface area (Å²) in [5.41, 5.74) is 1.62. The van der Waals surface area contributed by atoms with Crippen LogP contribution in [0, 0.1) is 0 Å². The van der Waals surface area contributed by atoms with E-state index >= 15 is 0 Å². The van der Waals surface area contributed by atoms with Crippen LogP contribution in [0.25, 0.3) is 22.4 Å². The largest absolute Gasteiger partial charge is 0.396 e. The van der Waals surface area contributed by atoms with E-state index in [0.717, 1.165) is 23.7 Å². The van der Waals surface area contributed by atoms with Gasteiger partial charge in [-0.05, 0) is 25.0 Å². The van der Waals surface area contributed by atoms with Crippen molar-refractivity contribution >= 4 is 10.9 Å². The van der Waals surface area contributed by atoms with E-state index in [1.54, 1.807) is 0 Å². The Labute approximate surface area is 116 Å². The minimum absolute atomic E-state index is 0.188. The summed E-state index contributed by atoms with van der Waals surface area (Å²) in [5.74, 6) is 1.10. The molecule has 20 heavy (non-hydrogen) atoms. The lowest BCUT2D eigenvalue weighted by atomic mass is 10.2. The highest BCUT2D eigenvalue weighted by Gasteiger charge is 2.10. The third kappa shape index (κ3) is 2.67. The molecule has 3 aromatic rings. The number of hydrogen-bond acceptors (Lipinski definition) is 5. The quantitative estimate of drug-likeness (QED) is 0.721. The van der Waals surface area contributed by atoms with Crippen molar-refractivity contribution in [2.75, 3.05) is 6.61 Å². The lowest BCUT2D eigenvalue weighted by molar-refractivity contribution is 0.281. The van der Waals surface area contributed by atoms with Crippen LogP contribution in [0.3, 0.4) is 0 Å². The summed E-state index contributed by atoms with van der Waals surface area (Å²) in [6.07, 6.45) is 2.26. The summed E-state index contributed by atoms with van der Waals surface area (Å²) < 4.78 is 5.19. The fraction of sp³-hybridized carbons (Fsp3) is 0.267. The molecule has 2 aromatic heterocycles. The van der Waals surface area contributed by atoms with E-state index in [1.165, 1.54) is 0 Å². The maximum absolute atomic E-state index is 8.75. The molecular weight excluding hydrogens is 254 g/mol. The van der Waals surface area contributed by atoms with E-state index in [9.17, 15) is 0 Å².